The quantitative estimate of drug-likeness (QED) is 0.899. The third-order valence-corrected chi connectivity index (χ3v) is 5.44. The van der Waals surface area contributed by atoms with Crippen LogP contribution >= 0.6 is 11.8 Å². The summed E-state index contributed by atoms with van der Waals surface area (Å²) in [4.78, 5) is 14.3. The van der Waals surface area contributed by atoms with Gasteiger partial charge in [0.25, 0.3) is 0 Å². The molecule has 126 valence electrons. The van der Waals surface area contributed by atoms with Gasteiger partial charge in [0.2, 0.25) is 5.91 Å². The van der Waals surface area contributed by atoms with Crippen molar-refractivity contribution in [3.63, 3.8) is 0 Å². The van der Waals surface area contributed by atoms with Crippen molar-refractivity contribution in [1.82, 2.24) is 20.0 Å². The maximum atomic E-state index is 14.2. The Morgan fingerprint density at radius 1 is 1.38 bits per heavy atom. The highest BCUT2D eigenvalue weighted by Gasteiger charge is 2.43. The molecule has 2 aliphatic heterocycles. The molecule has 0 saturated carbocycles. The molecular weight excluding hydrogens is 334 g/mol. The molecule has 0 radical (unpaired) electrons. The molecule has 8 heteroatoms. The molecule has 4 rings (SSSR count). The molecule has 0 bridgehead atoms. The Balaban J connectivity index is 1.80. The van der Waals surface area contributed by atoms with Crippen molar-refractivity contribution in [2.75, 3.05) is 18.1 Å². The van der Waals surface area contributed by atoms with Crippen LogP contribution in [0.4, 0.5) is 8.78 Å². The van der Waals surface area contributed by atoms with Gasteiger partial charge < -0.3 is 5.32 Å². The molecule has 1 aromatic heterocycles. The topological polar surface area (TPSA) is 50.2 Å². The second-order valence-electron chi connectivity index (χ2n) is 5.97. The zero-order valence-electron chi connectivity index (χ0n) is 13.0. The molecule has 1 amide bonds. The smallest absolute Gasteiger partial charge is 0.239 e. The fraction of sp³-hybridized carbons (Fsp3) is 0.375. The van der Waals surface area contributed by atoms with E-state index in [1.165, 1.54) is 0 Å². The minimum absolute atomic E-state index is 0.0262. The molecule has 2 unspecified atom stereocenters. The molecular formula is C16H16F2N4OS. The van der Waals surface area contributed by atoms with Crippen molar-refractivity contribution in [3.05, 3.63) is 41.6 Å². The molecule has 5 nitrogen and oxygen atoms in total. The monoisotopic (exact) mass is 350 g/mol. The van der Waals surface area contributed by atoms with E-state index in [1.54, 1.807) is 29.7 Å². The highest BCUT2D eigenvalue weighted by atomic mass is 32.2. The highest BCUT2D eigenvalue weighted by Crippen LogP contribution is 2.36. The maximum Gasteiger partial charge on any atom is 0.239 e. The van der Waals surface area contributed by atoms with Crippen LogP contribution in [0.1, 0.15) is 11.7 Å². The van der Waals surface area contributed by atoms with Gasteiger partial charge in [-0.25, -0.2) is 8.78 Å². The number of benzene rings is 1. The van der Waals surface area contributed by atoms with E-state index in [-0.39, 0.29) is 23.7 Å². The number of amides is 1. The summed E-state index contributed by atoms with van der Waals surface area (Å²) < 4.78 is 29.4. The van der Waals surface area contributed by atoms with Crippen LogP contribution < -0.4 is 5.32 Å². The standard InChI is InChI=1S/C16H16F2N4OS/c1-21-7-11(14(20-21)10-6-9(17)2-3-12(10)18)15-19-16(23)13-8-24-5-4-22(13)15/h2-3,6-7,13,15H,4-5,8H2,1H3,(H,19,23). The van der Waals surface area contributed by atoms with Gasteiger partial charge in [-0.15, -0.1) is 0 Å². The summed E-state index contributed by atoms with van der Waals surface area (Å²) >= 11 is 1.75. The SMILES string of the molecule is Cn1cc(C2NC(=O)C3CSCCN32)c(-c2cc(F)ccc2F)n1. The second-order valence-corrected chi connectivity index (χ2v) is 7.12. The van der Waals surface area contributed by atoms with Crippen LogP contribution in [0.3, 0.4) is 0 Å². The van der Waals surface area contributed by atoms with Crippen LogP contribution in [0, 0.1) is 11.6 Å². The Morgan fingerprint density at radius 3 is 3.04 bits per heavy atom. The van der Waals surface area contributed by atoms with Gasteiger partial charge in [-0.2, -0.15) is 16.9 Å². The number of carbonyl (C=O) groups is 1. The van der Waals surface area contributed by atoms with E-state index in [0.29, 0.717) is 11.3 Å². The van der Waals surface area contributed by atoms with Gasteiger partial charge in [0.15, 0.2) is 0 Å². The zero-order valence-corrected chi connectivity index (χ0v) is 13.8. The van der Waals surface area contributed by atoms with Crippen molar-refractivity contribution < 1.29 is 13.6 Å². The molecule has 2 fully saturated rings. The van der Waals surface area contributed by atoms with Gasteiger partial charge in [0.1, 0.15) is 29.5 Å². The molecule has 0 aliphatic carbocycles. The van der Waals surface area contributed by atoms with E-state index in [9.17, 15) is 13.6 Å². The van der Waals surface area contributed by atoms with E-state index >= 15 is 0 Å². The first-order valence-electron chi connectivity index (χ1n) is 7.67. The molecule has 2 aromatic rings. The van der Waals surface area contributed by atoms with E-state index < -0.39 is 11.6 Å². The summed E-state index contributed by atoms with van der Waals surface area (Å²) in [5.74, 6) is 0.594. The van der Waals surface area contributed by atoms with Gasteiger partial charge in [0, 0.05) is 42.4 Å². The zero-order chi connectivity index (χ0) is 16.8. The number of aromatic nitrogens is 2. The predicted molar refractivity (Wildman–Crippen MR) is 87.3 cm³/mol. The first-order valence-corrected chi connectivity index (χ1v) is 8.83. The molecule has 1 N–H and O–H groups in total. The molecule has 3 heterocycles. The summed E-state index contributed by atoms with van der Waals surface area (Å²) in [7, 11) is 1.73. The fourth-order valence-corrected chi connectivity index (χ4v) is 4.39. The van der Waals surface area contributed by atoms with E-state index in [4.69, 9.17) is 0 Å². The van der Waals surface area contributed by atoms with Crippen molar-refractivity contribution in [2.45, 2.75) is 12.2 Å². The van der Waals surface area contributed by atoms with Gasteiger partial charge in [-0.1, -0.05) is 0 Å². The van der Waals surface area contributed by atoms with Crippen molar-refractivity contribution >= 4 is 17.7 Å². The lowest BCUT2D eigenvalue weighted by Gasteiger charge is -2.30. The Bertz CT molecular complexity index is 809. The molecule has 24 heavy (non-hydrogen) atoms. The minimum Gasteiger partial charge on any atom is -0.335 e. The average Bonchev–Trinajstić information content (AvgIpc) is 3.11. The molecule has 1 aromatic carbocycles. The van der Waals surface area contributed by atoms with Crippen LogP contribution in [0.5, 0.6) is 0 Å². The summed E-state index contributed by atoms with van der Waals surface area (Å²) in [5, 5.41) is 7.29. The van der Waals surface area contributed by atoms with Crippen LogP contribution in [0.25, 0.3) is 11.3 Å². The lowest BCUT2D eigenvalue weighted by Crippen LogP contribution is -2.41. The Kier molecular flexibility index (Phi) is 3.80. The number of thioether (sulfide) groups is 1. The normalized spacial score (nSPS) is 24.0. The van der Waals surface area contributed by atoms with Crippen LogP contribution in [0.2, 0.25) is 0 Å². The lowest BCUT2D eigenvalue weighted by atomic mass is 10.0. The van der Waals surface area contributed by atoms with Crippen LogP contribution in [-0.4, -0.2) is 44.7 Å². The third-order valence-electron chi connectivity index (χ3n) is 4.42. The number of fused-ring (bicyclic) bond motifs is 1. The molecule has 2 saturated heterocycles. The largest absolute Gasteiger partial charge is 0.335 e. The highest BCUT2D eigenvalue weighted by molar-refractivity contribution is 7.99. The summed E-state index contributed by atoms with van der Waals surface area (Å²) in [6.45, 7) is 0.763. The fourth-order valence-electron chi connectivity index (χ4n) is 3.32. The first-order chi connectivity index (χ1) is 11.5. The number of hydrogen-bond donors (Lipinski definition) is 1. The van der Waals surface area contributed by atoms with Gasteiger partial charge >= 0.3 is 0 Å². The predicted octanol–water partition coefficient (Wildman–Crippen LogP) is 1.91. The number of nitrogens with one attached hydrogen (secondary N) is 1. The number of halogens is 2. The van der Waals surface area contributed by atoms with Crippen molar-refractivity contribution in [2.24, 2.45) is 7.05 Å². The second kappa shape index (κ2) is 5.86. The molecule has 0 spiro atoms. The minimum atomic E-state index is -0.536. The summed E-state index contributed by atoms with van der Waals surface area (Å²) in [6.07, 6.45) is 1.39. The third kappa shape index (κ3) is 2.50. The van der Waals surface area contributed by atoms with Crippen LogP contribution in [0.15, 0.2) is 24.4 Å². The van der Waals surface area contributed by atoms with E-state index in [0.717, 1.165) is 36.2 Å². The molecule has 2 aliphatic rings. The Hall–Kier alpha value is -1.93. The van der Waals surface area contributed by atoms with E-state index in [1.807, 2.05) is 0 Å². The number of hydrogen-bond acceptors (Lipinski definition) is 4. The average molecular weight is 350 g/mol. The van der Waals surface area contributed by atoms with Crippen molar-refractivity contribution in [3.8, 4) is 11.3 Å². The van der Waals surface area contributed by atoms with Gasteiger partial charge in [-0.05, 0) is 18.2 Å². The Morgan fingerprint density at radius 2 is 2.21 bits per heavy atom. The first kappa shape index (κ1) is 15.6. The maximum absolute atomic E-state index is 14.2. The number of rotatable bonds is 2. The number of nitrogens with zero attached hydrogens (tertiary/aromatic N) is 3. The van der Waals surface area contributed by atoms with Crippen LogP contribution in [-0.2, 0) is 11.8 Å². The van der Waals surface area contributed by atoms with Gasteiger partial charge in [-0.3, -0.25) is 14.4 Å². The number of carbonyl (C=O) groups excluding carboxylic acids is 1. The summed E-state index contributed by atoms with van der Waals surface area (Å²) in [5.41, 5.74) is 1.15. The molecule has 2 atom stereocenters. The number of aryl methyl sites for hydroxylation is 1. The van der Waals surface area contributed by atoms with Gasteiger partial charge in [0.05, 0.1) is 0 Å². The van der Waals surface area contributed by atoms with E-state index in [2.05, 4.69) is 15.3 Å². The lowest BCUT2D eigenvalue weighted by molar-refractivity contribution is -0.121. The Labute approximate surface area is 142 Å². The van der Waals surface area contributed by atoms with Crippen molar-refractivity contribution in [1.29, 1.82) is 0 Å². The summed E-state index contributed by atoms with van der Waals surface area (Å²) in [6, 6.07) is 3.13.